The number of halogens is 1. The van der Waals surface area contributed by atoms with Gasteiger partial charge in [-0.2, -0.15) is 0 Å². The van der Waals surface area contributed by atoms with Crippen LogP contribution in [0, 0.1) is 5.92 Å². The normalized spacial score (nSPS) is 19.4. The summed E-state index contributed by atoms with van der Waals surface area (Å²) in [5.41, 5.74) is 8.11. The number of hydrogen-bond acceptors (Lipinski definition) is 4. The highest BCUT2D eigenvalue weighted by atomic mass is 35.5. The molecule has 8 heteroatoms. The second kappa shape index (κ2) is 8.73. The molecule has 1 amide bonds. The van der Waals surface area contributed by atoms with Crippen molar-refractivity contribution in [2.24, 2.45) is 11.7 Å². The van der Waals surface area contributed by atoms with Crippen molar-refractivity contribution in [3.05, 3.63) is 65.7 Å². The second-order valence-corrected chi connectivity index (χ2v) is 8.42. The summed E-state index contributed by atoms with van der Waals surface area (Å²) in [4.78, 5) is 14.7. The van der Waals surface area contributed by atoms with E-state index in [2.05, 4.69) is 16.9 Å². The zero-order valence-corrected chi connectivity index (χ0v) is 16.7. The molecule has 3 N–H and O–H groups in total. The van der Waals surface area contributed by atoms with E-state index in [1.54, 1.807) is 24.3 Å². The number of anilines is 1. The molecule has 1 aliphatic heterocycles. The third-order valence-corrected chi connectivity index (χ3v) is 5.30. The maximum atomic E-state index is 12.8. The van der Waals surface area contributed by atoms with Crippen molar-refractivity contribution in [1.29, 1.82) is 0 Å². The summed E-state index contributed by atoms with van der Waals surface area (Å²) in [6.07, 6.45) is 1.09. The van der Waals surface area contributed by atoms with Crippen molar-refractivity contribution in [3.8, 4) is 0 Å². The van der Waals surface area contributed by atoms with Crippen LogP contribution in [0.2, 0.25) is 0 Å². The summed E-state index contributed by atoms with van der Waals surface area (Å²) >= 11 is 0. The van der Waals surface area contributed by atoms with E-state index in [-0.39, 0.29) is 30.2 Å². The standard InChI is InChI=1S/C19H23N3O3S.ClH/c1-26(24,25)21-17-9-7-15(8-10-17)19(23)22-12-16(11-20)18(13-22)14-5-3-2-4-6-14;/h2-10,16,18,21H,11-13,20H2,1H3;1H/t16-,18+;/m1./s1. The lowest BCUT2D eigenvalue weighted by molar-refractivity contribution is 0.0786. The summed E-state index contributed by atoms with van der Waals surface area (Å²) in [6, 6.07) is 16.6. The molecule has 0 unspecified atom stereocenters. The molecule has 0 bridgehead atoms. The molecule has 0 aromatic heterocycles. The number of nitrogens with two attached hydrogens (primary N) is 1. The smallest absolute Gasteiger partial charge is 0.253 e. The van der Waals surface area contributed by atoms with Crippen LogP contribution >= 0.6 is 12.4 Å². The fourth-order valence-electron chi connectivity index (χ4n) is 3.43. The molecule has 0 spiro atoms. The van der Waals surface area contributed by atoms with Gasteiger partial charge in [0, 0.05) is 30.3 Å². The van der Waals surface area contributed by atoms with Gasteiger partial charge in [-0.25, -0.2) is 8.42 Å². The van der Waals surface area contributed by atoms with Gasteiger partial charge in [-0.15, -0.1) is 12.4 Å². The first-order valence-corrected chi connectivity index (χ1v) is 10.4. The van der Waals surface area contributed by atoms with Crippen LogP contribution in [0.4, 0.5) is 5.69 Å². The first-order valence-electron chi connectivity index (χ1n) is 8.49. The fraction of sp³-hybridized carbons (Fsp3) is 0.316. The highest BCUT2D eigenvalue weighted by Crippen LogP contribution is 2.32. The van der Waals surface area contributed by atoms with Gasteiger partial charge in [0.05, 0.1) is 6.26 Å². The van der Waals surface area contributed by atoms with Gasteiger partial charge in [-0.3, -0.25) is 9.52 Å². The summed E-state index contributed by atoms with van der Waals surface area (Å²) in [5.74, 6) is 0.400. The van der Waals surface area contributed by atoms with Crippen LogP contribution in [-0.4, -0.2) is 45.1 Å². The zero-order chi connectivity index (χ0) is 18.7. The number of rotatable bonds is 5. The maximum absolute atomic E-state index is 12.8. The molecular weight excluding hydrogens is 386 g/mol. The number of carbonyl (C=O) groups excluding carboxylic acids is 1. The Bertz CT molecular complexity index is 873. The molecule has 146 valence electrons. The monoisotopic (exact) mass is 409 g/mol. The molecule has 1 heterocycles. The van der Waals surface area contributed by atoms with Crippen LogP contribution in [0.5, 0.6) is 0 Å². The molecule has 0 radical (unpaired) electrons. The van der Waals surface area contributed by atoms with Crippen molar-refractivity contribution in [3.63, 3.8) is 0 Å². The van der Waals surface area contributed by atoms with Gasteiger partial charge in [-0.05, 0) is 42.3 Å². The van der Waals surface area contributed by atoms with E-state index in [9.17, 15) is 13.2 Å². The largest absolute Gasteiger partial charge is 0.338 e. The van der Waals surface area contributed by atoms with E-state index < -0.39 is 10.0 Å². The van der Waals surface area contributed by atoms with Crippen molar-refractivity contribution in [2.45, 2.75) is 5.92 Å². The van der Waals surface area contributed by atoms with Crippen molar-refractivity contribution in [1.82, 2.24) is 4.90 Å². The fourth-order valence-corrected chi connectivity index (χ4v) is 4.00. The van der Waals surface area contributed by atoms with Gasteiger partial charge in [0.2, 0.25) is 10.0 Å². The predicted molar refractivity (Wildman–Crippen MR) is 110 cm³/mol. The Morgan fingerprint density at radius 1 is 1.11 bits per heavy atom. The Morgan fingerprint density at radius 2 is 1.74 bits per heavy atom. The van der Waals surface area contributed by atoms with Gasteiger partial charge in [-0.1, -0.05) is 30.3 Å². The molecule has 1 aliphatic rings. The molecule has 2 aromatic carbocycles. The third kappa shape index (κ3) is 5.22. The summed E-state index contributed by atoms with van der Waals surface area (Å²) in [7, 11) is -3.33. The van der Waals surface area contributed by atoms with Gasteiger partial charge < -0.3 is 10.6 Å². The predicted octanol–water partition coefficient (Wildman–Crippen LogP) is 2.29. The lowest BCUT2D eigenvalue weighted by atomic mass is 9.89. The number of benzene rings is 2. The van der Waals surface area contributed by atoms with Crippen molar-refractivity contribution in [2.75, 3.05) is 30.6 Å². The number of carbonyl (C=O) groups is 1. The summed E-state index contributed by atoms with van der Waals surface area (Å²) < 4.78 is 24.9. The van der Waals surface area contributed by atoms with Crippen LogP contribution in [0.3, 0.4) is 0 Å². The van der Waals surface area contributed by atoms with Crippen LogP contribution in [0.1, 0.15) is 21.8 Å². The summed E-state index contributed by atoms with van der Waals surface area (Å²) in [6.45, 7) is 1.78. The lowest BCUT2D eigenvalue weighted by Gasteiger charge is -2.17. The molecule has 27 heavy (non-hydrogen) atoms. The highest BCUT2D eigenvalue weighted by molar-refractivity contribution is 7.92. The number of hydrogen-bond donors (Lipinski definition) is 2. The molecule has 0 saturated carbocycles. The number of nitrogens with one attached hydrogen (secondary N) is 1. The average Bonchev–Trinajstić information content (AvgIpc) is 3.05. The van der Waals surface area contributed by atoms with Gasteiger partial charge in [0.15, 0.2) is 0 Å². The van der Waals surface area contributed by atoms with E-state index in [1.807, 2.05) is 23.1 Å². The molecule has 2 atom stereocenters. The molecule has 3 rings (SSSR count). The second-order valence-electron chi connectivity index (χ2n) is 6.67. The third-order valence-electron chi connectivity index (χ3n) is 4.69. The van der Waals surface area contributed by atoms with E-state index in [1.165, 1.54) is 5.56 Å². The van der Waals surface area contributed by atoms with Crippen molar-refractivity contribution >= 4 is 34.0 Å². The Labute approximate surface area is 166 Å². The van der Waals surface area contributed by atoms with E-state index in [0.29, 0.717) is 30.9 Å². The molecule has 1 saturated heterocycles. The van der Waals surface area contributed by atoms with E-state index in [0.717, 1.165) is 6.26 Å². The molecular formula is C19H24ClN3O3S. The Hall–Kier alpha value is -2.09. The first kappa shape index (κ1) is 21.2. The Balaban J connectivity index is 0.00000261. The minimum atomic E-state index is -3.33. The Morgan fingerprint density at radius 3 is 2.30 bits per heavy atom. The molecule has 0 aliphatic carbocycles. The SMILES string of the molecule is CS(=O)(=O)Nc1ccc(C(=O)N2C[C@@H](CN)[C@H](c3ccccc3)C2)cc1.Cl. The number of amides is 1. The number of sulfonamides is 1. The Kier molecular flexibility index (Phi) is 6.86. The topological polar surface area (TPSA) is 92.5 Å². The number of likely N-dealkylation sites (tertiary alicyclic amines) is 1. The average molecular weight is 410 g/mol. The van der Waals surface area contributed by atoms with Crippen molar-refractivity contribution < 1.29 is 13.2 Å². The minimum Gasteiger partial charge on any atom is -0.338 e. The van der Waals surface area contributed by atoms with Gasteiger partial charge in [0.1, 0.15) is 0 Å². The highest BCUT2D eigenvalue weighted by Gasteiger charge is 2.35. The molecule has 6 nitrogen and oxygen atoms in total. The van der Waals surface area contributed by atoms with Crippen LogP contribution in [0.25, 0.3) is 0 Å². The van der Waals surface area contributed by atoms with Crippen LogP contribution in [-0.2, 0) is 10.0 Å². The minimum absolute atomic E-state index is 0. The van der Waals surface area contributed by atoms with Gasteiger partial charge >= 0.3 is 0 Å². The molecule has 2 aromatic rings. The summed E-state index contributed by atoms with van der Waals surface area (Å²) in [5, 5.41) is 0. The molecule has 1 fully saturated rings. The van der Waals surface area contributed by atoms with E-state index >= 15 is 0 Å². The van der Waals surface area contributed by atoms with Crippen LogP contribution < -0.4 is 10.5 Å². The maximum Gasteiger partial charge on any atom is 0.253 e. The lowest BCUT2D eigenvalue weighted by Crippen LogP contribution is -2.29. The quantitative estimate of drug-likeness (QED) is 0.792. The first-order chi connectivity index (χ1) is 12.4. The van der Waals surface area contributed by atoms with Gasteiger partial charge in [0.25, 0.3) is 5.91 Å². The zero-order valence-electron chi connectivity index (χ0n) is 15.0. The van der Waals surface area contributed by atoms with Crippen LogP contribution in [0.15, 0.2) is 54.6 Å². The van der Waals surface area contributed by atoms with E-state index in [4.69, 9.17) is 5.73 Å². The number of nitrogens with zero attached hydrogens (tertiary/aromatic N) is 1.